The van der Waals surface area contributed by atoms with Gasteiger partial charge in [0.2, 0.25) is 0 Å². The van der Waals surface area contributed by atoms with Crippen LogP contribution in [0.5, 0.6) is 0 Å². The Labute approximate surface area is 127 Å². The molecule has 1 N–H and O–H groups in total. The van der Waals surface area contributed by atoms with Gasteiger partial charge in [-0.1, -0.05) is 11.6 Å². The molecule has 0 aliphatic heterocycles. The first-order valence-electron chi connectivity index (χ1n) is 6.20. The number of nitrogens with one attached hydrogen (secondary N) is 1. The molecule has 0 fully saturated rings. The van der Waals surface area contributed by atoms with Crippen LogP contribution in [0.25, 0.3) is 0 Å². The van der Waals surface area contributed by atoms with Crippen LogP contribution in [0, 0.1) is 0 Å². The predicted octanol–water partition coefficient (Wildman–Crippen LogP) is 3.08. The predicted molar refractivity (Wildman–Crippen MR) is 82.4 cm³/mol. The van der Waals surface area contributed by atoms with Crippen molar-refractivity contribution in [1.82, 2.24) is 14.9 Å². The Morgan fingerprint density at radius 2 is 2.35 bits per heavy atom. The lowest BCUT2D eigenvalue weighted by Crippen LogP contribution is -2.35. The summed E-state index contributed by atoms with van der Waals surface area (Å²) in [5, 5.41) is 3.41. The highest BCUT2D eigenvalue weighted by atomic mass is 35.5. The van der Waals surface area contributed by atoms with Crippen LogP contribution in [0.4, 0.5) is 0 Å². The first-order chi connectivity index (χ1) is 9.60. The lowest BCUT2D eigenvalue weighted by atomic mass is 10.2. The molecular formula is C14H16ClN3OS. The molecule has 1 amide bonds. The highest BCUT2D eigenvalue weighted by molar-refractivity contribution is 7.98. The number of thioether (sulfide) groups is 1. The van der Waals surface area contributed by atoms with Gasteiger partial charge in [0.05, 0.1) is 16.9 Å². The van der Waals surface area contributed by atoms with Gasteiger partial charge in [-0.25, -0.2) is 4.98 Å². The molecule has 2 rings (SSSR count). The third-order valence-corrected chi connectivity index (χ3v) is 3.89. The number of carbonyl (C=O) groups is 1. The average molecular weight is 310 g/mol. The van der Waals surface area contributed by atoms with Crippen molar-refractivity contribution in [2.45, 2.75) is 24.4 Å². The van der Waals surface area contributed by atoms with Gasteiger partial charge in [-0.15, -0.1) is 11.8 Å². The Hall–Kier alpha value is -1.46. The van der Waals surface area contributed by atoms with E-state index in [0.717, 1.165) is 4.90 Å². The second kappa shape index (κ2) is 6.81. The van der Waals surface area contributed by atoms with Gasteiger partial charge in [-0.05, 0) is 31.4 Å². The standard InChI is InChI=1S/C14H16ClN3OS/c1-10(8-18-6-5-16-9-18)17-14(19)12-7-11(20-2)3-4-13(12)15/h3-7,9-10H,8H2,1-2H3,(H,17,19)/t10-/m1/s1. The molecule has 2 aromatic rings. The van der Waals surface area contributed by atoms with E-state index >= 15 is 0 Å². The number of benzene rings is 1. The van der Waals surface area contributed by atoms with Gasteiger partial charge >= 0.3 is 0 Å². The second-order valence-electron chi connectivity index (χ2n) is 4.48. The summed E-state index contributed by atoms with van der Waals surface area (Å²) >= 11 is 7.67. The van der Waals surface area contributed by atoms with Crippen molar-refractivity contribution in [2.75, 3.05) is 6.26 Å². The zero-order valence-corrected chi connectivity index (χ0v) is 12.9. The highest BCUT2D eigenvalue weighted by Gasteiger charge is 2.14. The van der Waals surface area contributed by atoms with E-state index in [1.807, 2.05) is 36.1 Å². The molecule has 20 heavy (non-hydrogen) atoms. The molecule has 0 bridgehead atoms. The fourth-order valence-electron chi connectivity index (χ4n) is 1.86. The Kier molecular flexibility index (Phi) is 5.09. The van der Waals surface area contributed by atoms with Crippen LogP contribution in [0.3, 0.4) is 0 Å². The molecule has 1 atom stereocenters. The maximum Gasteiger partial charge on any atom is 0.253 e. The number of hydrogen-bond donors (Lipinski definition) is 1. The van der Waals surface area contributed by atoms with E-state index in [1.165, 1.54) is 0 Å². The van der Waals surface area contributed by atoms with E-state index in [9.17, 15) is 4.79 Å². The summed E-state index contributed by atoms with van der Waals surface area (Å²) in [5.41, 5.74) is 0.510. The smallest absolute Gasteiger partial charge is 0.253 e. The molecule has 6 heteroatoms. The lowest BCUT2D eigenvalue weighted by molar-refractivity contribution is 0.0936. The van der Waals surface area contributed by atoms with Crippen LogP contribution in [-0.4, -0.2) is 27.8 Å². The average Bonchev–Trinajstić information content (AvgIpc) is 2.91. The quantitative estimate of drug-likeness (QED) is 0.863. The van der Waals surface area contributed by atoms with Crippen LogP contribution in [-0.2, 0) is 6.54 Å². The first kappa shape index (κ1) is 14.9. The summed E-state index contributed by atoms with van der Waals surface area (Å²) in [6.45, 7) is 2.62. The zero-order chi connectivity index (χ0) is 14.5. The van der Waals surface area contributed by atoms with E-state index < -0.39 is 0 Å². The zero-order valence-electron chi connectivity index (χ0n) is 11.3. The van der Waals surface area contributed by atoms with Crippen molar-refractivity contribution in [3.63, 3.8) is 0 Å². The van der Waals surface area contributed by atoms with Gasteiger partial charge in [-0.3, -0.25) is 4.79 Å². The third kappa shape index (κ3) is 3.77. The van der Waals surface area contributed by atoms with Crippen LogP contribution in [0.15, 0.2) is 41.8 Å². The molecule has 1 heterocycles. The Bertz CT molecular complexity index is 586. The SMILES string of the molecule is CSc1ccc(Cl)c(C(=O)N[C@H](C)Cn2ccnc2)c1. The van der Waals surface area contributed by atoms with Crippen molar-refractivity contribution < 1.29 is 4.79 Å². The number of rotatable bonds is 5. The van der Waals surface area contributed by atoms with E-state index in [-0.39, 0.29) is 11.9 Å². The summed E-state index contributed by atoms with van der Waals surface area (Å²) in [5.74, 6) is -0.154. The topological polar surface area (TPSA) is 46.9 Å². The van der Waals surface area contributed by atoms with Crippen LogP contribution >= 0.6 is 23.4 Å². The molecule has 4 nitrogen and oxygen atoms in total. The van der Waals surface area contributed by atoms with E-state index in [1.54, 1.807) is 30.4 Å². The highest BCUT2D eigenvalue weighted by Crippen LogP contribution is 2.23. The van der Waals surface area contributed by atoms with Crippen LogP contribution in [0.2, 0.25) is 5.02 Å². The number of nitrogens with zero attached hydrogens (tertiary/aromatic N) is 2. The lowest BCUT2D eigenvalue weighted by Gasteiger charge is -2.15. The molecule has 0 spiro atoms. The Morgan fingerprint density at radius 3 is 3.00 bits per heavy atom. The Morgan fingerprint density at radius 1 is 1.55 bits per heavy atom. The third-order valence-electron chi connectivity index (χ3n) is 2.84. The van der Waals surface area contributed by atoms with Crippen molar-refractivity contribution in [3.8, 4) is 0 Å². The fourth-order valence-corrected chi connectivity index (χ4v) is 2.51. The Balaban J connectivity index is 2.04. The molecule has 1 aromatic carbocycles. The number of imidazole rings is 1. The number of aromatic nitrogens is 2. The molecular weight excluding hydrogens is 294 g/mol. The maximum absolute atomic E-state index is 12.2. The number of amides is 1. The molecule has 0 saturated carbocycles. The molecule has 1 aromatic heterocycles. The summed E-state index contributed by atoms with van der Waals surface area (Å²) in [6, 6.07) is 5.46. The van der Waals surface area contributed by atoms with Crippen LogP contribution in [0.1, 0.15) is 17.3 Å². The van der Waals surface area contributed by atoms with E-state index in [4.69, 9.17) is 11.6 Å². The minimum Gasteiger partial charge on any atom is -0.348 e. The van der Waals surface area contributed by atoms with Gasteiger partial charge in [0.15, 0.2) is 0 Å². The first-order valence-corrected chi connectivity index (χ1v) is 7.80. The van der Waals surface area contributed by atoms with Gasteiger partial charge in [0.25, 0.3) is 5.91 Å². The molecule has 0 aliphatic carbocycles. The van der Waals surface area contributed by atoms with Gasteiger partial charge in [-0.2, -0.15) is 0 Å². The maximum atomic E-state index is 12.2. The number of hydrogen-bond acceptors (Lipinski definition) is 3. The molecule has 0 radical (unpaired) electrons. The summed E-state index contributed by atoms with van der Waals surface area (Å²) in [4.78, 5) is 17.2. The summed E-state index contributed by atoms with van der Waals surface area (Å²) in [7, 11) is 0. The van der Waals surface area contributed by atoms with E-state index in [2.05, 4.69) is 10.3 Å². The molecule has 0 aliphatic rings. The molecule has 0 unspecified atom stereocenters. The second-order valence-corrected chi connectivity index (χ2v) is 5.77. The summed E-state index contributed by atoms with van der Waals surface area (Å²) in [6.07, 6.45) is 7.27. The van der Waals surface area contributed by atoms with Gasteiger partial charge in [0, 0.05) is 29.9 Å². The minimum atomic E-state index is -0.154. The summed E-state index contributed by atoms with van der Waals surface area (Å²) < 4.78 is 1.92. The van der Waals surface area contributed by atoms with Gasteiger partial charge in [0.1, 0.15) is 0 Å². The van der Waals surface area contributed by atoms with Crippen LogP contribution < -0.4 is 5.32 Å². The monoisotopic (exact) mass is 309 g/mol. The fraction of sp³-hybridized carbons (Fsp3) is 0.286. The number of halogens is 1. The molecule has 106 valence electrons. The van der Waals surface area contributed by atoms with Crippen molar-refractivity contribution in [3.05, 3.63) is 47.5 Å². The van der Waals surface area contributed by atoms with Crippen molar-refractivity contribution in [1.29, 1.82) is 0 Å². The molecule has 0 saturated heterocycles. The van der Waals surface area contributed by atoms with Crippen molar-refractivity contribution in [2.24, 2.45) is 0 Å². The van der Waals surface area contributed by atoms with Gasteiger partial charge < -0.3 is 9.88 Å². The van der Waals surface area contributed by atoms with Crippen molar-refractivity contribution >= 4 is 29.3 Å². The minimum absolute atomic E-state index is 0.00861. The number of carbonyl (C=O) groups excluding carboxylic acids is 1. The normalized spacial score (nSPS) is 12.2. The largest absolute Gasteiger partial charge is 0.348 e. The van der Waals surface area contributed by atoms with E-state index in [0.29, 0.717) is 17.1 Å².